The molecule has 1 heteroatoms. The van der Waals surface area contributed by atoms with Gasteiger partial charge in [-0.25, -0.2) is 0 Å². The Bertz CT molecular complexity index is 198. The smallest absolute Gasteiger partial charge is 0.0326 e. The third-order valence-electron chi connectivity index (χ3n) is 5.22. The van der Waals surface area contributed by atoms with Crippen LogP contribution in [0.15, 0.2) is 0 Å². The van der Waals surface area contributed by atoms with E-state index >= 15 is 0 Å². The Morgan fingerprint density at radius 1 is 0.391 bits per heavy atom. The van der Waals surface area contributed by atoms with Gasteiger partial charge in [-0.3, -0.25) is 0 Å². The fourth-order valence-electron chi connectivity index (χ4n) is 3.42. The molecule has 0 fully saturated rings. The monoisotopic (exact) mass is 342 g/mol. The van der Waals surface area contributed by atoms with Crippen molar-refractivity contribution in [2.45, 2.75) is 124 Å². The van der Waals surface area contributed by atoms with Crippen molar-refractivity contribution < 1.29 is 0 Å². The Morgan fingerprint density at radius 3 is 1.00 bits per heavy atom. The van der Waals surface area contributed by atoms with Crippen molar-refractivity contribution in [2.24, 2.45) is 0 Å². The maximum atomic E-state index is 2.38. The van der Waals surface area contributed by atoms with Gasteiger partial charge >= 0.3 is 0 Å². The number of hydrogen-bond donors (Lipinski definition) is 0. The summed E-state index contributed by atoms with van der Waals surface area (Å²) in [5, 5.41) is 0. The second-order valence-electron chi connectivity index (χ2n) is 7.33. The van der Waals surface area contributed by atoms with Crippen LogP contribution in [0.3, 0.4) is 0 Å². The van der Waals surface area contributed by atoms with Crippen molar-refractivity contribution in [1.82, 2.24) is 0 Å². The van der Waals surface area contributed by atoms with Gasteiger partial charge in [-0.15, -0.1) is 7.92 Å². The molecule has 0 aliphatic rings. The molecule has 0 amide bonds. The average Bonchev–Trinajstić information content (AvgIpc) is 2.58. The molecule has 0 bridgehead atoms. The summed E-state index contributed by atoms with van der Waals surface area (Å²) in [5.74, 6) is 0. The summed E-state index contributed by atoms with van der Waals surface area (Å²) in [4.78, 5) is 0. The summed E-state index contributed by atoms with van der Waals surface area (Å²) < 4.78 is 0. The van der Waals surface area contributed by atoms with Crippen LogP contribution in [0.5, 0.6) is 0 Å². The minimum atomic E-state index is 0.401. The Kier molecular flexibility index (Phi) is 20.9. The van der Waals surface area contributed by atoms with E-state index in [1.807, 2.05) is 0 Å². The minimum Gasteiger partial charge on any atom is -0.107 e. The van der Waals surface area contributed by atoms with Crippen LogP contribution in [0.1, 0.15) is 124 Å². The molecule has 0 aromatic heterocycles. The molecule has 0 heterocycles. The molecule has 0 aromatic carbocycles. The summed E-state index contributed by atoms with van der Waals surface area (Å²) in [7, 11) is 0.401. The van der Waals surface area contributed by atoms with E-state index in [2.05, 4.69) is 20.8 Å². The Balaban J connectivity index is 3.02. The van der Waals surface area contributed by atoms with E-state index in [9.17, 15) is 0 Å². The third-order valence-corrected chi connectivity index (χ3v) is 7.96. The van der Waals surface area contributed by atoms with Gasteiger partial charge in [0.1, 0.15) is 0 Å². The Labute approximate surface area is 150 Å². The van der Waals surface area contributed by atoms with E-state index in [4.69, 9.17) is 0 Å². The first-order chi connectivity index (χ1) is 11.3. The average molecular weight is 343 g/mol. The van der Waals surface area contributed by atoms with Gasteiger partial charge in [0.15, 0.2) is 0 Å². The van der Waals surface area contributed by atoms with E-state index < -0.39 is 0 Å². The van der Waals surface area contributed by atoms with Gasteiger partial charge in [-0.1, -0.05) is 117 Å². The van der Waals surface area contributed by atoms with Crippen molar-refractivity contribution in [3.8, 4) is 0 Å². The molecule has 0 N–H and O–H groups in total. The molecule has 0 rings (SSSR count). The Morgan fingerprint density at radius 2 is 0.696 bits per heavy atom. The zero-order valence-corrected chi connectivity index (χ0v) is 17.8. The highest BCUT2D eigenvalue weighted by atomic mass is 31.1. The van der Waals surface area contributed by atoms with Gasteiger partial charge in [0.2, 0.25) is 0 Å². The molecule has 0 saturated heterocycles. The van der Waals surface area contributed by atoms with Gasteiger partial charge in [-0.05, 0) is 24.9 Å². The SMILES string of the molecule is CCCCCCCCCCCCCCCCCCP(CC)CC. The Hall–Kier alpha value is 0.430. The topological polar surface area (TPSA) is 0 Å². The third kappa shape index (κ3) is 18.6. The second-order valence-corrected chi connectivity index (χ2v) is 10.4. The molecule has 140 valence electrons. The standard InChI is InChI=1S/C22H47P/c1-4-7-8-9-10-11-12-13-14-15-16-17-18-19-20-21-22-23(5-2)6-3/h4-22H2,1-3H3. The molecule has 23 heavy (non-hydrogen) atoms. The summed E-state index contributed by atoms with van der Waals surface area (Å²) in [6.07, 6.45) is 28.1. The van der Waals surface area contributed by atoms with Gasteiger partial charge in [0, 0.05) is 0 Å². The molecule has 0 aliphatic heterocycles. The molecular formula is C22H47P. The van der Waals surface area contributed by atoms with Crippen LogP contribution in [0.25, 0.3) is 0 Å². The van der Waals surface area contributed by atoms with Gasteiger partial charge in [-0.2, -0.15) is 0 Å². The van der Waals surface area contributed by atoms with Crippen LogP contribution in [0.4, 0.5) is 0 Å². The minimum absolute atomic E-state index is 0.401. The van der Waals surface area contributed by atoms with Crippen LogP contribution < -0.4 is 0 Å². The molecule has 0 unspecified atom stereocenters. The molecule has 0 radical (unpaired) electrons. The maximum absolute atomic E-state index is 2.38. The van der Waals surface area contributed by atoms with Crippen molar-refractivity contribution in [3.63, 3.8) is 0 Å². The summed E-state index contributed by atoms with van der Waals surface area (Å²) in [6.45, 7) is 7.05. The summed E-state index contributed by atoms with van der Waals surface area (Å²) >= 11 is 0. The molecule has 0 saturated carbocycles. The van der Waals surface area contributed by atoms with E-state index in [-0.39, 0.29) is 0 Å². The lowest BCUT2D eigenvalue weighted by atomic mass is 10.0. The highest BCUT2D eigenvalue weighted by Gasteiger charge is 2.01. The predicted octanol–water partition coefficient (Wildman–Crippen LogP) is 8.77. The summed E-state index contributed by atoms with van der Waals surface area (Å²) in [6, 6.07) is 0. The quantitative estimate of drug-likeness (QED) is 0.162. The molecular weight excluding hydrogens is 295 g/mol. The van der Waals surface area contributed by atoms with E-state index in [1.165, 1.54) is 115 Å². The van der Waals surface area contributed by atoms with E-state index in [0.29, 0.717) is 7.92 Å². The van der Waals surface area contributed by atoms with E-state index in [1.54, 1.807) is 6.16 Å². The second kappa shape index (κ2) is 20.5. The lowest BCUT2D eigenvalue weighted by Gasteiger charge is -2.12. The predicted molar refractivity (Wildman–Crippen MR) is 112 cm³/mol. The van der Waals surface area contributed by atoms with Gasteiger partial charge < -0.3 is 0 Å². The van der Waals surface area contributed by atoms with Crippen LogP contribution in [0, 0.1) is 0 Å². The first-order valence-electron chi connectivity index (χ1n) is 11.1. The van der Waals surface area contributed by atoms with Gasteiger partial charge in [0.05, 0.1) is 0 Å². The van der Waals surface area contributed by atoms with Crippen molar-refractivity contribution >= 4 is 7.92 Å². The van der Waals surface area contributed by atoms with Crippen LogP contribution in [-0.2, 0) is 0 Å². The molecule has 0 nitrogen and oxygen atoms in total. The zero-order chi connectivity index (χ0) is 17.0. The molecule has 0 aliphatic carbocycles. The van der Waals surface area contributed by atoms with Crippen molar-refractivity contribution in [1.29, 1.82) is 0 Å². The van der Waals surface area contributed by atoms with Crippen LogP contribution in [0.2, 0.25) is 0 Å². The number of hydrogen-bond acceptors (Lipinski definition) is 0. The number of unbranched alkanes of at least 4 members (excludes halogenated alkanes) is 15. The largest absolute Gasteiger partial charge is 0.107 e. The maximum Gasteiger partial charge on any atom is -0.0326 e. The fourth-order valence-corrected chi connectivity index (χ4v) is 5.17. The normalized spacial score (nSPS) is 11.5. The number of rotatable bonds is 19. The highest BCUT2D eigenvalue weighted by Crippen LogP contribution is 2.35. The highest BCUT2D eigenvalue weighted by molar-refractivity contribution is 7.57. The molecule has 0 atom stereocenters. The van der Waals surface area contributed by atoms with Crippen molar-refractivity contribution in [2.75, 3.05) is 18.5 Å². The fraction of sp³-hybridized carbons (Fsp3) is 1.00. The first kappa shape index (κ1) is 23.4. The van der Waals surface area contributed by atoms with Crippen molar-refractivity contribution in [3.05, 3.63) is 0 Å². The zero-order valence-electron chi connectivity index (χ0n) is 16.9. The van der Waals surface area contributed by atoms with Crippen LogP contribution >= 0.6 is 7.92 Å². The lowest BCUT2D eigenvalue weighted by molar-refractivity contribution is 0.531. The van der Waals surface area contributed by atoms with E-state index in [0.717, 1.165) is 0 Å². The molecule has 0 spiro atoms. The first-order valence-corrected chi connectivity index (χ1v) is 13.0. The summed E-state index contributed by atoms with van der Waals surface area (Å²) in [5.41, 5.74) is 0. The lowest BCUT2D eigenvalue weighted by Crippen LogP contribution is -1.90. The van der Waals surface area contributed by atoms with Crippen LogP contribution in [-0.4, -0.2) is 18.5 Å². The van der Waals surface area contributed by atoms with Gasteiger partial charge in [0.25, 0.3) is 0 Å². The molecule has 0 aromatic rings.